The van der Waals surface area contributed by atoms with Crippen LogP contribution in [0.15, 0.2) is 18.2 Å². The van der Waals surface area contributed by atoms with Crippen LogP contribution in [0.25, 0.3) is 6.08 Å². The summed E-state index contributed by atoms with van der Waals surface area (Å²) in [6.45, 7) is 3.96. The molecule has 0 unspecified atom stereocenters. The standard InChI is InChI=1S/C12H17N3O2/c1-9(2)5-11(15(16)17)6-12-7-13-8-14(12)10-3-4-10/h6-10H,3-5H2,1-2H3. The van der Waals surface area contributed by atoms with Crippen LogP contribution in [0.2, 0.25) is 0 Å². The molecule has 5 heteroatoms. The molecule has 5 nitrogen and oxygen atoms in total. The molecule has 0 amide bonds. The highest BCUT2D eigenvalue weighted by atomic mass is 16.6. The Kier molecular flexibility index (Phi) is 3.26. The molecule has 1 aliphatic rings. The van der Waals surface area contributed by atoms with E-state index in [0.717, 1.165) is 18.5 Å². The molecule has 17 heavy (non-hydrogen) atoms. The average Bonchev–Trinajstić information content (AvgIpc) is 2.98. The summed E-state index contributed by atoms with van der Waals surface area (Å²) in [4.78, 5) is 14.7. The van der Waals surface area contributed by atoms with Gasteiger partial charge >= 0.3 is 0 Å². The Morgan fingerprint density at radius 2 is 2.41 bits per heavy atom. The minimum absolute atomic E-state index is 0.266. The normalized spacial score (nSPS) is 16.5. The summed E-state index contributed by atoms with van der Waals surface area (Å²) in [5.74, 6) is 0.281. The van der Waals surface area contributed by atoms with Crippen molar-refractivity contribution in [3.05, 3.63) is 34.0 Å². The van der Waals surface area contributed by atoms with Gasteiger partial charge < -0.3 is 4.57 Å². The van der Waals surface area contributed by atoms with E-state index in [-0.39, 0.29) is 16.5 Å². The number of imidazole rings is 1. The smallest absolute Gasteiger partial charge is 0.248 e. The summed E-state index contributed by atoms with van der Waals surface area (Å²) in [6.07, 6.45) is 7.90. The molecule has 0 spiro atoms. The molecule has 0 aromatic carbocycles. The molecule has 0 saturated heterocycles. The van der Waals surface area contributed by atoms with Crippen LogP contribution in [0, 0.1) is 16.0 Å². The molecule has 1 fully saturated rings. The maximum Gasteiger partial charge on any atom is 0.248 e. The highest BCUT2D eigenvalue weighted by molar-refractivity contribution is 5.46. The fourth-order valence-corrected chi connectivity index (χ4v) is 1.86. The highest BCUT2D eigenvalue weighted by Crippen LogP contribution is 2.36. The summed E-state index contributed by atoms with van der Waals surface area (Å²) in [5.41, 5.74) is 1.11. The monoisotopic (exact) mass is 235 g/mol. The van der Waals surface area contributed by atoms with Gasteiger partial charge in [0.25, 0.3) is 0 Å². The van der Waals surface area contributed by atoms with Gasteiger partial charge in [0.15, 0.2) is 0 Å². The molecule has 0 radical (unpaired) electrons. The number of hydrogen-bond donors (Lipinski definition) is 0. The Bertz CT molecular complexity index is 444. The minimum Gasteiger partial charge on any atom is -0.328 e. The van der Waals surface area contributed by atoms with Crippen molar-refractivity contribution in [2.24, 2.45) is 5.92 Å². The van der Waals surface area contributed by atoms with E-state index in [0.29, 0.717) is 12.5 Å². The van der Waals surface area contributed by atoms with E-state index in [1.165, 1.54) is 0 Å². The predicted octanol–water partition coefficient (Wildman–Crippen LogP) is 2.88. The van der Waals surface area contributed by atoms with E-state index < -0.39 is 0 Å². The van der Waals surface area contributed by atoms with Crippen LogP contribution in [0.3, 0.4) is 0 Å². The summed E-state index contributed by atoms with van der Waals surface area (Å²) in [7, 11) is 0. The first-order valence-corrected chi connectivity index (χ1v) is 5.94. The molecule has 0 N–H and O–H groups in total. The van der Waals surface area contributed by atoms with E-state index in [4.69, 9.17) is 0 Å². The van der Waals surface area contributed by atoms with Crippen molar-refractivity contribution in [2.45, 2.75) is 39.2 Å². The Morgan fingerprint density at radius 3 is 2.94 bits per heavy atom. The van der Waals surface area contributed by atoms with Gasteiger partial charge in [0, 0.05) is 18.5 Å². The first-order chi connectivity index (χ1) is 8.08. The lowest BCUT2D eigenvalue weighted by Gasteiger charge is -2.04. The fraction of sp³-hybridized carbons (Fsp3) is 0.583. The van der Waals surface area contributed by atoms with Crippen molar-refractivity contribution < 1.29 is 4.92 Å². The Labute approximate surface area is 100 Å². The third kappa shape index (κ3) is 2.93. The Balaban J connectivity index is 2.24. The molecule has 1 aromatic heterocycles. The van der Waals surface area contributed by atoms with Crippen LogP contribution in [-0.4, -0.2) is 14.5 Å². The largest absolute Gasteiger partial charge is 0.328 e. The van der Waals surface area contributed by atoms with Gasteiger partial charge in [0.2, 0.25) is 5.70 Å². The molecule has 1 aromatic rings. The number of allylic oxidation sites excluding steroid dienone is 1. The van der Waals surface area contributed by atoms with Crippen molar-refractivity contribution >= 4 is 6.08 Å². The van der Waals surface area contributed by atoms with Gasteiger partial charge in [-0.2, -0.15) is 0 Å². The number of aromatic nitrogens is 2. The van der Waals surface area contributed by atoms with Crippen LogP contribution < -0.4 is 0 Å². The molecular weight excluding hydrogens is 218 g/mol. The van der Waals surface area contributed by atoms with Gasteiger partial charge in [0.05, 0.1) is 23.1 Å². The molecule has 2 rings (SSSR count). The number of rotatable bonds is 5. The maximum atomic E-state index is 11.0. The zero-order valence-electron chi connectivity index (χ0n) is 10.2. The fourth-order valence-electron chi connectivity index (χ4n) is 1.86. The van der Waals surface area contributed by atoms with Crippen molar-refractivity contribution in [2.75, 3.05) is 0 Å². The molecule has 92 valence electrons. The van der Waals surface area contributed by atoms with Crippen LogP contribution in [0.4, 0.5) is 0 Å². The van der Waals surface area contributed by atoms with E-state index in [1.54, 1.807) is 18.6 Å². The third-order valence-corrected chi connectivity index (χ3v) is 2.80. The molecule has 1 saturated carbocycles. The van der Waals surface area contributed by atoms with Gasteiger partial charge in [-0.05, 0) is 18.8 Å². The number of nitro groups is 1. The molecule has 1 heterocycles. The lowest BCUT2D eigenvalue weighted by atomic mass is 10.1. The van der Waals surface area contributed by atoms with E-state index in [1.807, 2.05) is 18.4 Å². The SMILES string of the molecule is CC(C)CC(=Cc1cncn1C1CC1)[N+](=O)[O-]. The summed E-state index contributed by atoms with van der Waals surface area (Å²) >= 11 is 0. The quantitative estimate of drug-likeness (QED) is 0.582. The molecule has 0 bridgehead atoms. The molecule has 0 aliphatic heterocycles. The van der Waals surface area contributed by atoms with E-state index in [9.17, 15) is 10.1 Å². The van der Waals surface area contributed by atoms with Gasteiger partial charge in [-0.1, -0.05) is 13.8 Å². The second-order valence-corrected chi connectivity index (χ2v) is 4.95. The number of hydrogen-bond acceptors (Lipinski definition) is 3. The van der Waals surface area contributed by atoms with Crippen molar-refractivity contribution in [3.8, 4) is 0 Å². The van der Waals surface area contributed by atoms with E-state index in [2.05, 4.69) is 4.98 Å². The Morgan fingerprint density at radius 1 is 1.71 bits per heavy atom. The van der Waals surface area contributed by atoms with Crippen LogP contribution in [0.1, 0.15) is 44.8 Å². The van der Waals surface area contributed by atoms with Crippen molar-refractivity contribution in [3.63, 3.8) is 0 Å². The molecule has 0 atom stereocenters. The van der Waals surface area contributed by atoms with Gasteiger partial charge in [-0.25, -0.2) is 4.98 Å². The van der Waals surface area contributed by atoms with Gasteiger partial charge in [-0.15, -0.1) is 0 Å². The zero-order valence-corrected chi connectivity index (χ0v) is 10.2. The zero-order chi connectivity index (χ0) is 12.4. The van der Waals surface area contributed by atoms with Gasteiger partial charge in [0.1, 0.15) is 0 Å². The third-order valence-electron chi connectivity index (χ3n) is 2.80. The predicted molar refractivity (Wildman–Crippen MR) is 64.9 cm³/mol. The van der Waals surface area contributed by atoms with Crippen LogP contribution >= 0.6 is 0 Å². The summed E-state index contributed by atoms with van der Waals surface area (Å²) in [6, 6.07) is 0.496. The number of nitrogens with zero attached hydrogens (tertiary/aromatic N) is 3. The molecular formula is C12H17N3O2. The first kappa shape index (κ1) is 11.8. The van der Waals surface area contributed by atoms with Crippen LogP contribution in [-0.2, 0) is 0 Å². The topological polar surface area (TPSA) is 61.0 Å². The average molecular weight is 235 g/mol. The van der Waals surface area contributed by atoms with Crippen molar-refractivity contribution in [1.82, 2.24) is 9.55 Å². The second kappa shape index (κ2) is 4.69. The highest BCUT2D eigenvalue weighted by Gasteiger charge is 2.25. The van der Waals surface area contributed by atoms with Crippen LogP contribution in [0.5, 0.6) is 0 Å². The summed E-state index contributed by atoms with van der Waals surface area (Å²) in [5, 5.41) is 11.0. The second-order valence-electron chi connectivity index (χ2n) is 4.95. The van der Waals surface area contributed by atoms with Gasteiger partial charge in [-0.3, -0.25) is 10.1 Å². The first-order valence-electron chi connectivity index (χ1n) is 5.94. The Hall–Kier alpha value is -1.65. The van der Waals surface area contributed by atoms with Crippen molar-refractivity contribution in [1.29, 1.82) is 0 Å². The maximum absolute atomic E-state index is 11.0. The summed E-state index contributed by atoms with van der Waals surface area (Å²) < 4.78 is 2.03. The lowest BCUT2D eigenvalue weighted by Crippen LogP contribution is -2.04. The minimum atomic E-state index is -0.287. The van der Waals surface area contributed by atoms with E-state index >= 15 is 0 Å². The lowest BCUT2D eigenvalue weighted by molar-refractivity contribution is -0.427. The molecule has 1 aliphatic carbocycles.